The topological polar surface area (TPSA) is 229 Å². The first-order valence-electron chi connectivity index (χ1n) is 21.4. The molecule has 0 spiro atoms. The third kappa shape index (κ3) is 28.0. The van der Waals surface area contributed by atoms with Gasteiger partial charge in [0.05, 0.1) is 25.4 Å². The molecule has 1 aliphatic carbocycles. The number of hydrogen-bond donors (Lipinski definition) is 5. The predicted octanol–water partition coefficient (Wildman–Crippen LogP) is 7.76. The van der Waals surface area contributed by atoms with Crippen LogP contribution in [-0.4, -0.2) is 88.1 Å². The largest absolute Gasteiger partial charge is 0.480 e. The number of esters is 2. The summed E-state index contributed by atoms with van der Waals surface area (Å²) >= 11 is 0. The fourth-order valence-electron chi connectivity index (χ4n) is 6.25. The van der Waals surface area contributed by atoms with Crippen LogP contribution in [0.15, 0.2) is 60.8 Å². The van der Waals surface area contributed by atoms with Gasteiger partial charge in [-0.25, -0.2) is 4.57 Å². The lowest BCUT2D eigenvalue weighted by Gasteiger charge is -2.20. The Morgan fingerprint density at radius 2 is 1.42 bits per heavy atom. The molecule has 0 radical (unpaired) electrons. The summed E-state index contributed by atoms with van der Waals surface area (Å²) in [6.07, 6.45) is 30.6. The number of carboxylic acids is 1. The van der Waals surface area contributed by atoms with Crippen LogP contribution in [0.4, 0.5) is 0 Å². The molecule has 1 unspecified atom stereocenters. The molecule has 1 aliphatic rings. The van der Waals surface area contributed by atoms with Crippen molar-refractivity contribution in [2.45, 2.75) is 160 Å². The SMILES string of the molecule is CC/C=C\C/C=C\C/C=C\C/C=C\CCCCC(=O)O[C@H](COC(=O)CCCCCC[C@H]1[C@@H](O)CC(=O)[C@@H]1/C=C/[C@@H](O)CCCCC)COP(=O)(O)OC[C@H](N)C(=O)O. The number of ether oxygens (including phenoxy) is 2. The Bertz CT molecular complexity index is 1390. The quantitative estimate of drug-likeness (QED) is 0.0178. The number of hydrogen-bond acceptors (Lipinski definition) is 12. The second-order valence-corrected chi connectivity index (χ2v) is 16.3. The Morgan fingerprint density at radius 3 is 2.08 bits per heavy atom. The zero-order valence-electron chi connectivity index (χ0n) is 35.3. The Morgan fingerprint density at radius 1 is 0.814 bits per heavy atom. The Hall–Kier alpha value is -3.23. The van der Waals surface area contributed by atoms with Crippen LogP contribution in [0.25, 0.3) is 0 Å². The maximum Gasteiger partial charge on any atom is 0.472 e. The maximum absolute atomic E-state index is 12.6. The van der Waals surface area contributed by atoms with E-state index >= 15 is 0 Å². The molecule has 7 atom stereocenters. The number of phosphoric ester groups is 1. The van der Waals surface area contributed by atoms with Crippen molar-refractivity contribution in [1.29, 1.82) is 0 Å². The van der Waals surface area contributed by atoms with E-state index in [1.807, 2.05) is 6.08 Å². The molecule has 0 aliphatic heterocycles. The lowest BCUT2D eigenvalue weighted by molar-refractivity contribution is -0.161. The molecular weight excluding hydrogens is 781 g/mol. The highest BCUT2D eigenvalue weighted by molar-refractivity contribution is 7.47. The second kappa shape index (κ2) is 33.5. The molecule has 0 aromatic carbocycles. The van der Waals surface area contributed by atoms with Crippen molar-refractivity contribution in [3.05, 3.63) is 60.8 Å². The van der Waals surface area contributed by atoms with Crippen LogP contribution >= 0.6 is 7.82 Å². The molecule has 0 amide bonds. The lowest BCUT2D eigenvalue weighted by atomic mass is 9.88. The predicted molar refractivity (Wildman–Crippen MR) is 227 cm³/mol. The van der Waals surface area contributed by atoms with Crippen molar-refractivity contribution in [3.63, 3.8) is 0 Å². The molecule has 6 N–H and O–H groups in total. The monoisotopic (exact) mass is 853 g/mol. The average molecular weight is 854 g/mol. The molecule has 336 valence electrons. The van der Waals surface area contributed by atoms with Gasteiger partial charge in [0.2, 0.25) is 0 Å². The van der Waals surface area contributed by atoms with Gasteiger partial charge in [-0.2, -0.15) is 0 Å². The van der Waals surface area contributed by atoms with E-state index in [2.05, 4.69) is 60.9 Å². The van der Waals surface area contributed by atoms with Gasteiger partial charge in [-0.15, -0.1) is 0 Å². The van der Waals surface area contributed by atoms with Crippen molar-refractivity contribution in [2.24, 2.45) is 17.6 Å². The number of ketones is 1. The molecule has 15 heteroatoms. The first kappa shape index (κ1) is 53.8. The minimum Gasteiger partial charge on any atom is -0.480 e. The zero-order valence-corrected chi connectivity index (χ0v) is 36.2. The van der Waals surface area contributed by atoms with Crippen LogP contribution in [0.5, 0.6) is 0 Å². The minimum atomic E-state index is -4.79. The number of aliphatic carboxylic acids is 1. The summed E-state index contributed by atoms with van der Waals surface area (Å²) in [6.45, 7) is 2.28. The van der Waals surface area contributed by atoms with Crippen molar-refractivity contribution < 1.29 is 62.5 Å². The van der Waals surface area contributed by atoms with Crippen LogP contribution in [0.2, 0.25) is 0 Å². The van der Waals surface area contributed by atoms with Crippen LogP contribution in [0.1, 0.15) is 136 Å². The summed E-state index contributed by atoms with van der Waals surface area (Å²) < 4.78 is 32.6. The highest BCUT2D eigenvalue weighted by Gasteiger charge is 2.39. The molecule has 1 rings (SSSR count). The molecule has 1 fully saturated rings. The normalized spacial score (nSPS) is 20.0. The van der Waals surface area contributed by atoms with Gasteiger partial charge in [-0.1, -0.05) is 113 Å². The first-order chi connectivity index (χ1) is 28.3. The number of carbonyl (C=O) groups excluding carboxylic acids is 3. The first-order valence-corrected chi connectivity index (χ1v) is 22.9. The number of Topliss-reactive ketones (excluding diaryl/α,β-unsaturated/α-hetero) is 1. The standard InChI is InChI=1S/C44H72NO13P/c1-3-5-7-8-9-10-11-12-13-14-15-16-17-18-24-28-43(50)58-36(33-56-59(53,54)57-34-39(45)44(51)52)32-55-42(49)27-23-20-19-22-26-37-38(41(48)31-40(37)47)30-29-35(46)25-21-6-4-2/h5,7,9-10,12-13,15-16,29-30,35-40,46-47H,3-4,6,8,11,14,17-28,31-34,45H2,1-2H3,(H,51,52)(H,53,54)/b7-5-,10-9-,13-12-,16-15-,30-29+/t35-,36+,37+,38+,39-,40-/m0/s1. The smallest absolute Gasteiger partial charge is 0.472 e. The van der Waals surface area contributed by atoms with E-state index in [0.717, 1.165) is 70.6 Å². The van der Waals surface area contributed by atoms with Gasteiger partial charge < -0.3 is 35.4 Å². The van der Waals surface area contributed by atoms with Gasteiger partial charge in [0.25, 0.3) is 0 Å². The zero-order chi connectivity index (χ0) is 43.7. The molecular formula is C44H72NO13P. The van der Waals surface area contributed by atoms with E-state index in [4.69, 9.17) is 24.8 Å². The van der Waals surface area contributed by atoms with Crippen LogP contribution in [-0.2, 0) is 42.3 Å². The number of carboxylic acid groups (broad SMARTS) is 1. The minimum absolute atomic E-state index is 0.0222. The maximum atomic E-state index is 12.6. The molecule has 1 saturated carbocycles. The van der Waals surface area contributed by atoms with Crippen LogP contribution in [0.3, 0.4) is 0 Å². The molecule has 14 nitrogen and oxygen atoms in total. The number of carbonyl (C=O) groups is 4. The number of aliphatic hydroxyl groups excluding tert-OH is 2. The van der Waals surface area contributed by atoms with Gasteiger partial charge >= 0.3 is 25.7 Å². The van der Waals surface area contributed by atoms with Crippen LogP contribution in [0, 0.1) is 11.8 Å². The van der Waals surface area contributed by atoms with Gasteiger partial charge in [0.1, 0.15) is 18.4 Å². The number of unbranched alkanes of at least 4 members (excludes halogenated alkanes) is 7. The molecule has 0 bridgehead atoms. The van der Waals surface area contributed by atoms with Crippen molar-refractivity contribution >= 4 is 31.5 Å². The fraction of sp³-hybridized carbons (Fsp3) is 0.682. The summed E-state index contributed by atoms with van der Waals surface area (Å²) in [5.41, 5.74) is 5.32. The number of allylic oxidation sites excluding steroid dienone is 9. The number of phosphoric acid groups is 1. The number of rotatable bonds is 35. The molecule has 0 saturated heterocycles. The molecule has 0 aromatic rings. The summed E-state index contributed by atoms with van der Waals surface area (Å²) in [5.74, 6) is -3.29. The van der Waals surface area contributed by atoms with E-state index in [1.54, 1.807) is 12.2 Å². The summed E-state index contributed by atoms with van der Waals surface area (Å²) in [5, 5.41) is 29.6. The summed E-state index contributed by atoms with van der Waals surface area (Å²) in [6, 6.07) is -1.57. The summed E-state index contributed by atoms with van der Waals surface area (Å²) in [7, 11) is -4.79. The van der Waals surface area contributed by atoms with E-state index < -0.39 is 75.8 Å². The number of aliphatic hydroxyl groups is 2. The lowest BCUT2D eigenvalue weighted by Crippen LogP contribution is -2.34. The van der Waals surface area contributed by atoms with Crippen molar-refractivity contribution in [2.75, 3.05) is 19.8 Å². The van der Waals surface area contributed by atoms with E-state index in [-0.39, 0.29) is 31.0 Å². The number of nitrogens with two attached hydrogens (primary N) is 1. The fourth-order valence-corrected chi connectivity index (χ4v) is 7.03. The molecule has 0 heterocycles. The van der Waals surface area contributed by atoms with Crippen molar-refractivity contribution in [3.8, 4) is 0 Å². The molecule has 59 heavy (non-hydrogen) atoms. The Kier molecular flexibility index (Phi) is 30.5. The van der Waals surface area contributed by atoms with E-state index in [0.29, 0.717) is 32.1 Å². The average Bonchev–Trinajstić information content (AvgIpc) is 3.47. The van der Waals surface area contributed by atoms with Gasteiger partial charge in [0.15, 0.2) is 6.10 Å². The highest BCUT2D eigenvalue weighted by atomic mass is 31.2. The van der Waals surface area contributed by atoms with Crippen LogP contribution < -0.4 is 5.73 Å². The third-order valence-electron chi connectivity index (χ3n) is 9.66. The van der Waals surface area contributed by atoms with E-state index in [9.17, 15) is 38.8 Å². The second-order valence-electron chi connectivity index (χ2n) is 14.9. The van der Waals surface area contributed by atoms with Gasteiger partial charge in [0, 0.05) is 25.2 Å². The summed E-state index contributed by atoms with van der Waals surface area (Å²) in [4.78, 5) is 58.6. The van der Waals surface area contributed by atoms with E-state index in [1.165, 1.54) is 0 Å². The Balaban J connectivity index is 2.52. The van der Waals surface area contributed by atoms with Gasteiger partial charge in [-0.05, 0) is 70.1 Å². The van der Waals surface area contributed by atoms with Gasteiger partial charge in [-0.3, -0.25) is 28.2 Å². The molecule has 0 aromatic heterocycles. The van der Waals surface area contributed by atoms with Crippen molar-refractivity contribution in [1.82, 2.24) is 0 Å². The highest BCUT2D eigenvalue weighted by Crippen LogP contribution is 2.43. The third-order valence-corrected chi connectivity index (χ3v) is 10.6. The Labute approximate surface area is 351 Å².